The summed E-state index contributed by atoms with van der Waals surface area (Å²) < 4.78 is 0.870. The van der Waals surface area contributed by atoms with Crippen molar-refractivity contribution in [3.05, 3.63) is 28.2 Å². The molecule has 110 valence electrons. The number of anilines is 1. The van der Waals surface area contributed by atoms with Crippen molar-refractivity contribution < 1.29 is 4.79 Å². The molecule has 0 spiro atoms. The lowest BCUT2D eigenvalue weighted by Crippen LogP contribution is -2.57. The van der Waals surface area contributed by atoms with E-state index in [0.717, 1.165) is 23.9 Å². The maximum absolute atomic E-state index is 12.6. The van der Waals surface area contributed by atoms with Crippen molar-refractivity contribution in [3.63, 3.8) is 0 Å². The molecular formula is C15H22BrN3O. The van der Waals surface area contributed by atoms with Gasteiger partial charge >= 0.3 is 0 Å². The van der Waals surface area contributed by atoms with Gasteiger partial charge in [0, 0.05) is 29.3 Å². The lowest BCUT2D eigenvalue weighted by Gasteiger charge is -2.49. The Hall–Kier alpha value is -1.07. The molecule has 0 atom stereocenters. The van der Waals surface area contributed by atoms with E-state index in [-0.39, 0.29) is 11.4 Å². The number of hydrogen-bond acceptors (Lipinski definition) is 3. The van der Waals surface area contributed by atoms with Crippen molar-refractivity contribution in [1.29, 1.82) is 0 Å². The average Bonchev–Trinajstić information content (AvgIpc) is 2.35. The van der Waals surface area contributed by atoms with Crippen LogP contribution in [-0.4, -0.2) is 48.9 Å². The first-order valence-corrected chi connectivity index (χ1v) is 7.63. The number of benzene rings is 1. The Balaban J connectivity index is 2.14. The van der Waals surface area contributed by atoms with Gasteiger partial charge in [0.05, 0.1) is 5.56 Å². The van der Waals surface area contributed by atoms with E-state index in [2.05, 4.69) is 34.9 Å². The lowest BCUT2D eigenvalue weighted by molar-refractivity contribution is 0.0253. The number of amides is 1. The molecule has 0 bridgehead atoms. The van der Waals surface area contributed by atoms with Crippen LogP contribution in [0.15, 0.2) is 22.7 Å². The first kappa shape index (κ1) is 15.3. The van der Waals surface area contributed by atoms with Gasteiger partial charge in [0.25, 0.3) is 5.91 Å². The summed E-state index contributed by atoms with van der Waals surface area (Å²) in [7, 11) is 6.03. The zero-order valence-electron chi connectivity index (χ0n) is 12.3. The Labute approximate surface area is 129 Å². The van der Waals surface area contributed by atoms with E-state index in [9.17, 15) is 4.79 Å². The molecule has 1 saturated carbocycles. The largest absolute Gasteiger partial charge is 0.398 e. The topological polar surface area (TPSA) is 49.6 Å². The highest BCUT2D eigenvalue weighted by atomic mass is 79.9. The zero-order chi connectivity index (χ0) is 14.9. The van der Waals surface area contributed by atoms with Gasteiger partial charge in [-0.2, -0.15) is 0 Å². The molecule has 5 heteroatoms. The van der Waals surface area contributed by atoms with Crippen LogP contribution in [0.5, 0.6) is 0 Å². The fourth-order valence-corrected chi connectivity index (χ4v) is 3.13. The number of halogens is 1. The van der Waals surface area contributed by atoms with E-state index in [1.807, 2.05) is 13.1 Å². The smallest absolute Gasteiger partial charge is 0.255 e. The molecule has 0 aromatic heterocycles. The van der Waals surface area contributed by atoms with E-state index < -0.39 is 0 Å². The molecule has 1 aromatic rings. The summed E-state index contributed by atoms with van der Waals surface area (Å²) >= 11 is 3.39. The molecule has 4 nitrogen and oxygen atoms in total. The zero-order valence-corrected chi connectivity index (χ0v) is 13.9. The minimum absolute atomic E-state index is 0.0167. The summed E-state index contributed by atoms with van der Waals surface area (Å²) in [6.45, 7) is 0.741. The van der Waals surface area contributed by atoms with Crippen LogP contribution in [0.25, 0.3) is 0 Å². The monoisotopic (exact) mass is 339 g/mol. The second-order valence-corrected chi connectivity index (χ2v) is 6.78. The maximum Gasteiger partial charge on any atom is 0.255 e. The average molecular weight is 340 g/mol. The summed E-state index contributed by atoms with van der Waals surface area (Å²) in [6, 6.07) is 5.40. The number of likely N-dealkylation sites (N-methyl/N-ethyl adjacent to an activating group) is 2. The third-order valence-corrected chi connectivity index (χ3v) is 4.85. The molecule has 1 aliphatic carbocycles. The number of nitrogens with zero attached hydrogens (tertiary/aromatic N) is 2. The van der Waals surface area contributed by atoms with Crippen LogP contribution in [0.3, 0.4) is 0 Å². The molecule has 20 heavy (non-hydrogen) atoms. The van der Waals surface area contributed by atoms with Crippen LogP contribution in [0.4, 0.5) is 5.69 Å². The summed E-state index contributed by atoms with van der Waals surface area (Å²) in [6.07, 6.45) is 3.52. The number of carbonyl (C=O) groups excluding carboxylic acids is 1. The van der Waals surface area contributed by atoms with Gasteiger partial charge in [-0.1, -0.05) is 15.9 Å². The Kier molecular flexibility index (Phi) is 4.39. The van der Waals surface area contributed by atoms with Crippen molar-refractivity contribution in [1.82, 2.24) is 9.80 Å². The SMILES string of the molecule is CN(CC1(N(C)C)CCC1)C(=O)c1cc(Br)ccc1N. The number of carbonyl (C=O) groups is 1. The summed E-state index contributed by atoms with van der Waals surface area (Å²) in [5.41, 5.74) is 7.14. The normalized spacial score (nSPS) is 16.9. The second kappa shape index (κ2) is 5.74. The quantitative estimate of drug-likeness (QED) is 0.857. The molecule has 2 rings (SSSR count). The lowest BCUT2D eigenvalue weighted by atomic mass is 9.75. The first-order valence-electron chi connectivity index (χ1n) is 6.84. The number of rotatable bonds is 4. The third-order valence-electron chi connectivity index (χ3n) is 4.36. The van der Waals surface area contributed by atoms with Gasteiger partial charge in [-0.3, -0.25) is 4.79 Å². The van der Waals surface area contributed by atoms with Gasteiger partial charge in [0.15, 0.2) is 0 Å². The molecule has 0 heterocycles. The second-order valence-electron chi connectivity index (χ2n) is 5.87. The van der Waals surface area contributed by atoms with Crippen LogP contribution < -0.4 is 5.73 Å². The van der Waals surface area contributed by atoms with Gasteiger partial charge < -0.3 is 15.5 Å². The standard InChI is InChI=1S/C15H22BrN3O/c1-18(2)15(7-4-8-15)10-19(3)14(20)12-9-11(16)5-6-13(12)17/h5-6,9H,4,7-8,10,17H2,1-3H3. The summed E-state index contributed by atoms with van der Waals surface area (Å²) in [5.74, 6) is -0.0167. The van der Waals surface area contributed by atoms with Crippen molar-refractivity contribution >= 4 is 27.5 Å². The predicted molar refractivity (Wildman–Crippen MR) is 85.8 cm³/mol. The van der Waals surface area contributed by atoms with Crippen LogP contribution in [0.2, 0.25) is 0 Å². The van der Waals surface area contributed by atoms with E-state index in [1.165, 1.54) is 6.42 Å². The maximum atomic E-state index is 12.6. The number of nitrogens with two attached hydrogens (primary N) is 1. The van der Waals surface area contributed by atoms with Gasteiger partial charge in [0.1, 0.15) is 0 Å². The third kappa shape index (κ3) is 2.83. The minimum Gasteiger partial charge on any atom is -0.398 e. The van der Waals surface area contributed by atoms with Crippen LogP contribution in [-0.2, 0) is 0 Å². The van der Waals surface area contributed by atoms with Crippen molar-refractivity contribution in [2.24, 2.45) is 0 Å². The molecule has 0 saturated heterocycles. The number of nitrogen functional groups attached to an aromatic ring is 1. The fourth-order valence-electron chi connectivity index (χ4n) is 2.76. The molecular weight excluding hydrogens is 318 g/mol. The van der Waals surface area contributed by atoms with Gasteiger partial charge in [-0.05, 0) is 51.6 Å². The predicted octanol–water partition coefficient (Wildman–Crippen LogP) is 2.59. The molecule has 0 radical (unpaired) electrons. The Morgan fingerprint density at radius 1 is 1.35 bits per heavy atom. The Morgan fingerprint density at radius 3 is 2.50 bits per heavy atom. The van der Waals surface area contributed by atoms with E-state index in [0.29, 0.717) is 11.3 Å². The van der Waals surface area contributed by atoms with Crippen LogP contribution in [0, 0.1) is 0 Å². The molecule has 1 aliphatic rings. The minimum atomic E-state index is -0.0167. The molecule has 1 fully saturated rings. The molecule has 0 unspecified atom stereocenters. The first-order chi connectivity index (χ1) is 9.35. The molecule has 1 amide bonds. The number of hydrogen-bond donors (Lipinski definition) is 1. The van der Waals surface area contributed by atoms with Crippen molar-refractivity contribution in [2.45, 2.75) is 24.8 Å². The van der Waals surface area contributed by atoms with E-state index in [4.69, 9.17) is 5.73 Å². The van der Waals surface area contributed by atoms with Crippen molar-refractivity contribution in [3.8, 4) is 0 Å². The molecule has 2 N–H and O–H groups in total. The Bertz CT molecular complexity index is 512. The van der Waals surface area contributed by atoms with Gasteiger partial charge in [-0.25, -0.2) is 0 Å². The summed E-state index contributed by atoms with van der Waals surface area (Å²) in [4.78, 5) is 16.6. The fraction of sp³-hybridized carbons (Fsp3) is 0.533. The van der Waals surface area contributed by atoms with E-state index >= 15 is 0 Å². The highest BCUT2D eigenvalue weighted by Crippen LogP contribution is 2.37. The van der Waals surface area contributed by atoms with E-state index in [1.54, 1.807) is 17.0 Å². The highest BCUT2D eigenvalue weighted by Gasteiger charge is 2.40. The Morgan fingerprint density at radius 2 is 2.00 bits per heavy atom. The molecule has 1 aromatic carbocycles. The van der Waals surface area contributed by atoms with Crippen LogP contribution >= 0.6 is 15.9 Å². The molecule has 0 aliphatic heterocycles. The summed E-state index contributed by atoms with van der Waals surface area (Å²) in [5, 5.41) is 0. The van der Waals surface area contributed by atoms with Crippen LogP contribution in [0.1, 0.15) is 29.6 Å². The van der Waals surface area contributed by atoms with Gasteiger partial charge in [0.2, 0.25) is 0 Å². The highest BCUT2D eigenvalue weighted by molar-refractivity contribution is 9.10. The van der Waals surface area contributed by atoms with Crippen molar-refractivity contribution in [2.75, 3.05) is 33.4 Å². The van der Waals surface area contributed by atoms with Gasteiger partial charge in [-0.15, -0.1) is 0 Å².